The Labute approximate surface area is 214 Å². The van der Waals surface area contributed by atoms with Gasteiger partial charge in [-0.25, -0.2) is 4.98 Å². The molecule has 6 rings (SSSR count). The Bertz CT molecular complexity index is 1850. The Morgan fingerprint density at radius 3 is 2.05 bits per heavy atom. The van der Waals surface area contributed by atoms with Gasteiger partial charge in [0.05, 0.1) is 34.3 Å². The number of para-hydroxylation sites is 2. The van der Waals surface area contributed by atoms with E-state index in [1.807, 2.05) is 84.9 Å². The highest BCUT2D eigenvalue weighted by molar-refractivity contribution is 6.09. The normalized spacial score (nSPS) is 10.8. The van der Waals surface area contributed by atoms with E-state index in [1.54, 1.807) is 0 Å². The molecule has 0 fully saturated rings. The van der Waals surface area contributed by atoms with Crippen LogP contribution < -0.4 is 4.90 Å². The predicted molar refractivity (Wildman–Crippen MR) is 147 cm³/mol. The zero-order chi connectivity index (χ0) is 25.4. The van der Waals surface area contributed by atoms with Gasteiger partial charge >= 0.3 is 0 Å². The van der Waals surface area contributed by atoms with Gasteiger partial charge in [0.1, 0.15) is 11.6 Å². The summed E-state index contributed by atoms with van der Waals surface area (Å²) in [4.78, 5) is 7.27. The molecule has 0 unspecified atom stereocenters. The molecule has 174 valence electrons. The molecule has 2 heterocycles. The Balaban J connectivity index is 1.60. The summed E-state index contributed by atoms with van der Waals surface area (Å²) < 4.78 is 2.16. The van der Waals surface area contributed by atoms with Gasteiger partial charge in [0.2, 0.25) is 0 Å². The maximum Gasteiger partial charge on any atom is 0.140 e. The van der Waals surface area contributed by atoms with Crippen LogP contribution in [-0.4, -0.2) is 9.55 Å². The molecule has 2 aromatic heterocycles. The minimum absolute atomic E-state index is 0.608. The summed E-state index contributed by atoms with van der Waals surface area (Å²) in [5.41, 5.74) is 6.21. The molecule has 0 spiro atoms. The van der Waals surface area contributed by atoms with E-state index in [2.05, 4.69) is 52.8 Å². The quantitative estimate of drug-likeness (QED) is 0.262. The number of pyridine rings is 1. The predicted octanol–water partition coefficient (Wildman–Crippen LogP) is 7.70. The first kappa shape index (κ1) is 22.1. The van der Waals surface area contributed by atoms with Crippen LogP contribution in [0.4, 0.5) is 17.2 Å². The minimum atomic E-state index is 0.608. The van der Waals surface area contributed by atoms with Crippen molar-refractivity contribution in [3.05, 3.63) is 126 Å². The van der Waals surface area contributed by atoms with Crippen molar-refractivity contribution in [1.82, 2.24) is 9.55 Å². The number of fused-ring (bicyclic) bond motifs is 3. The molecule has 0 aliphatic carbocycles. The van der Waals surface area contributed by atoms with Crippen molar-refractivity contribution in [3.8, 4) is 18.0 Å². The average molecular weight is 476 g/mol. The molecule has 0 radical (unpaired) electrons. The van der Waals surface area contributed by atoms with E-state index >= 15 is 0 Å². The third-order valence-electron chi connectivity index (χ3n) is 6.47. The van der Waals surface area contributed by atoms with Crippen LogP contribution in [0.2, 0.25) is 0 Å². The van der Waals surface area contributed by atoms with Crippen molar-refractivity contribution in [2.75, 3.05) is 4.90 Å². The second-order valence-electron chi connectivity index (χ2n) is 8.89. The minimum Gasteiger partial charge on any atom is -0.295 e. The van der Waals surface area contributed by atoms with Crippen molar-refractivity contribution >= 4 is 39.0 Å². The summed E-state index contributed by atoms with van der Waals surface area (Å²) in [6, 6.07) is 40.2. The summed E-state index contributed by atoms with van der Waals surface area (Å²) in [6.07, 6.45) is 0. The number of hydrogen-bond acceptors (Lipinski definition) is 4. The molecule has 37 heavy (non-hydrogen) atoms. The Morgan fingerprint density at radius 1 is 0.649 bits per heavy atom. The molecule has 0 aliphatic rings. The zero-order valence-corrected chi connectivity index (χ0v) is 20.1. The zero-order valence-electron chi connectivity index (χ0n) is 20.1. The molecule has 0 N–H and O–H groups in total. The van der Waals surface area contributed by atoms with Gasteiger partial charge in [-0.15, -0.1) is 0 Å². The lowest BCUT2D eigenvalue weighted by Crippen LogP contribution is -2.13. The van der Waals surface area contributed by atoms with Crippen LogP contribution >= 0.6 is 0 Å². The highest BCUT2D eigenvalue weighted by Gasteiger charge is 2.18. The molecule has 0 amide bonds. The van der Waals surface area contributed by atoms with E-state index in [-0.39, 0.29) is 0 Å². The summed E-state index contributed by atoms with van der Waals surface area (Å²) in [6.45, 7) is 2.07. The van der Waals surface area contributed by atoms with E-state index < -0.39 is 0 Å². The van der Waals surface area contributed by atoms with Crippen LogP contribution in [0, 0.1) is 29.6 Å². The SMILES string of the molecule is Cc1cc(N(c2ccccc2)c2ccc(C#N)cc2)nc(-n2c3ccccc3c3cc(C#N)ccc32)c1. The maximum atomic E-state index is 9.48. The number of rotatable bonds is 4. The van der Waals surface area contributed by atoms with Gasteiger partial charge in [-0.3, -0.25) is 9.47 Å². The van der Waals surface area contributed by atoms with Gasteiger partial charge in [0.15, 0.2) is 0 Å². The van der Waals surface area contributed by atoms with E-state index in [0.29, 0.717) is 11.1 Å². The van der Waals surface area contributed by atoms with Gasteiger partial charge in [-0.2, -0.15) is 10.5 Å². The van der Waals surface area contributed by atoms with E-state index in [1.165, 1.54) is 0 Å². The number of anilines is 3. The van der Waals surface area contributed by atoms with Crippen molar-refractivity contribution in [2.24, 2.45) is 0 Å². The van der Waals surface area contributed by atoms with Crippen molar-refractivity contribution in [3.63, 3.8) is 0 Å². The summed E-state index contributed by atoms with van der Waals surface area (Å²) in [5.74, 6) is 1.56. The highest BCUT2D eigenvalue weighted by atomic mass is 15.2. The molecule has 0 atom stereocenters. The first-order chi connectivity index (χ1) is 18.2. The summed E-state index contributed by atoms with van der Waals surface area (Å²) in [7, 11) is 0. The third kappa shape index (κ3) is 3.86. The maximum absolute atomic E-state index is 9.48. The molecule has 5 nitrogen and oxygen atoms in total. The first-order valence-electron chi connectivity index (χ1n) is 11.9. The topological polar surface area (TPSA) is 68.6 Å². The molecular weight excluding hydrogens is 454 g/mol. The lowest BCUT2D eigenvalue weighted by molar-refractivity contribution is 1.05. The monoisotopic (exact) mass is 475 g/mol. The molecule has 0 aliphatic heterocycles. The Morgan fingerprint density at radius 2 is 1.30 bits per heavy atom. The van der Waals surface area contributed by atoms with Gasteiger partial charge < -0.3 is 0 Å². The number of aromatic nitrogens is 2. The number of nitrogens with zero attached hydrogens (tertiary/aromatic N) is 5. The Kier molecular flexibility index (Phi) is 5.37. The molecular formula is C32H21N5. The van der Waals surface area contributed by atoms with Crippen LogP contribution in [0.5, 0.6) is 0 Å². The smallest absolute Gasteiger partial charge is 0.140 e. The molecule has 0 saturated heterocycles. The largest absolute Gasteiger partial charge is 0.295 e. The molecule has 5 heteroatoms. The number of nitriles is 2. The van der Waals surface area contributed by atoms with E-state index in [0.717, 1.165) is 50.4 Å². The molecule has 6 aromatic rings. The highest BCUT2D eigenvalue weighted by Crippen LogP contribution is 2.36. The fourth-order valence-corrected chi connectivity index (χ4v) is 4.82. The molecule has 4 aromatic carbocycles. The molecule has 0 saturated carbocycles. The summed E-state index contributed by atoms with van der Waals surface area (Å²) in [5, 5.41) is 20.9. The van der Waals surface area contributed by atoms with Crippen LogP contribution in [0.3, 0.4) is 0 Å². The number of aryl methyl sites for hydroxylation is 1. The molecule has 0 bridgehead atoms. The third-order valence-corrected chi connectivity index (χ3v) is 6.47. The average Bonchev–Trinajstić information content (AvgIpc) is 3.27. The van der Waals surface area contributed by atoms with Gasteiger partial charge in [0, 0.05) is 22.1 Å². The van der Waals surface area contributed by atoms with Crippen LogP contribution in [0.1, 0.15) is 16.7 Å². The summed E-state index contributed by atoms with van der Waals surface area (Å²) >= 11 is 0. The van der Waals surface area contributed by atoms with Crippen LogP contribution in [0.15, 0.2) is 109 Å². The van der Waals surface area contributed by atoms with Crippen molar-refractivity contribution in [2.45, 2.75) is 6.92 Å². The van der Waals surface area contributed by atoms with Crippen molar-refractivity contribution < 1.29 is 0 Å². The van der Waals surface area contributed by atoms with Crippen LogP contribution in [0.25, 0.3) is 27.6 Å². The lowest BCUT2D eigenvalue weighted by atomic mass is 10.1. The second kappa shape index (κ2) is 9.00. The lowest BCUT2D eigenvalue weighted by Gasteiger charge is -2.25. The van der Waals surface area contributed by atoms with Crippen molar-refractivity contribution in [1.29, 1.82) is 10.5 Å². The van der Waals surface area contributed by atoms with Gasteiger partial charge in [-0.1, -0.05) is 36.4 Å². The number of benzene rings is 4. The Hall–Kier alpha value is -5.39. The number of hydrogen-bond donors (Lipinski definition) is 0. The first-order valence-corrected chi connectivity index (χ1v) is 11.9. The second-order valence-corrected chi connectivity index (χ2v) is 8.89. The van der Waals surface area contributed by atoms with Gasteiger partial charge in [0.25, 0.3) is 0 Å². The van der Waals surface area contributed by atoms with E-state index in [9.17, 15) is 10.5 Å². The fourth-order valence-electron chi connectivity index (χ4n) is 4.82. The van der Waals surface area contributed by atoms with E-state index in [4.69, 9.17) is 4.98 Å². The standard InChI is InChI=1S/C32H21N5/c1-22-17-31(36(25-7-3-2-4-8-25)26-14-11-23(20-33)12-15-26)35-32(18-22)37-29-10-6-5-9-27(29)28-19-24(21-34)13-16-30(28)37/h2-19H,1H3. The van der Waals surface area contributed by atoms with Crippen LogP contribution in [-0.2, 0) is 0 Å². The van der Waals surface area contributed by atoms with Gasteiger partial charge in [-0.05, 0) is 85.3 Å². The fraction of sp³-hybridized carbons (Fsp3) is 0.0312.